The molecule has 0 spiro atoms. The summed E-state index contributed by atoms with van der Waals surface area (Å²) >= 11 is 0. The predicted molar refractivity (Wildman–Crippen MR) is 100 cm³/mol. The topological polar surface area (TPSA) is 65.5 Å². The van der Waals surface area contributed by atoms with E-state index in [0.29, 0.717) is 30.4 Å². The largest absolute Gasteiger partial charge is 0.396 e. The summed E-state index contributed by atoms with van der Waals surface area (Å²) < 4.78 is 0. The van der Waals surface area contributed by atoms with Crippen molar-refractivity contribution in [3.8, 4) is 0 Å². The van der Waals surface area contributed by atoms with Gasteiger partial charge in [0, 0.05) is 31.6 Å². The van der Waals surface area contributed by atoms with Crippen molar-refractivity contribution in [1.82, 2.24) is 4.98 Å². The van der Waals surface area contributed by atoms with Crippen LogP contribution in [0.2, 0.25) is 0 Å². The third kappa shape index (κ3) is 3.82. The van der Waals surface area contributed by atoms with Crippen LogP contribution in [0, 0.1) is 5.92 Å². The summed E-state index contributed by atoms with van der Waals surface area (Å²) in [6.07, 6.45) is 4.31. The van der Waals surface area contributed by atoms with Gasteiger partial charge >= 0.3 is 0 Å². The van der Waals surface area contributed by atoms with E-state index < -0.39 is 0 Å². The lowest BCUT2D eigenvalue weighted by molar-refractivity contribution is 0.0990. The van der Waals surface area contributed by atoms with Gasteiger partial charge in [0.15, 0.2) is 0 Å². The molecule has 132 valence electrons. The predicted octanol–water partition coefficient (Wildman–Crippen LogP) is 3.11. The third-order valence-corrected chi connectivity index (χ3v) is 4.84. The van der Waals surface area contributed by atoms with E-state index in [4.69, 9.17) is 5.11 Å². The molecule has 1 aromatic heterocycles. The van der Waals surface area contributed by atoms with Gasteiger partial charge < -0.3 is 15.3 Å². The number of para-hydroxylation sites is 1. The number of fused-ring (bicyclic) bond motifs is 1. The van der Waals surface area contributed by atoms with Gasteiger partial charge in [-0.1, -0.05) is 31.5 Å². The van der Waals surface area contributed by atoms with Crippen molar-refractivity contribution in [2.24, 2.45) is 5.92 Å². The Morgan fingerprint density at radius 2 is 2.16 bits per heavy atom. The number of aromatic nitrogens is 1. The van der Waals surface area contributed by atoms with Crippen LogP contribution in [0.15, 0.2) is 42.6 Å². The lowest BCUT2D eigenvalue weighted by Crippen LogP contribution is -2.30. The summed E-state index contributed by atoms with van der Waals surface area (Å²) in [7, 11) is 0. The van der Waals surface area contributed by atoms with Crippen LogP contribution in [0.4, 0.5) is 11.5 Å². The normalized spacial score (nSPS) is 14.2. The minimum Gasteiger partial charge on any atom is -0.396 e. The molecule has 0 saturated carbocycles. The Labute approximate surface area is 148 Å². The number of nitrogens with one attached hydrogen (secondary N) is 1. The maximum atomic E-state index is 13.1. The second-order valence-corrected chi connectivity index (χ2v) is 6.40. The first-order valence-corrected chi connectivity index (χ1v) is 8.94. The lowest BCUT2D eigenvalue weighted by Gasteiger charge is -2.20. The molecule has 1 aliphatic rings. The average Bonchev–Trinajstić information content (AvgIpc) is 3.09. The van der Waals surface area contributed by atoms with Gasteiger partial charge in [-0.15, -0.1) is 0 Å². The van der Waals surface area contributed by atoms with Crippen molar-refractivity contribution in [2.75, 3.05) is 29.9 Å². The molecule has 3 rings (SSSR count). The Balaban J connectivity index is 1.78. The van der Waals surface area contributed by atoms with E-state index in [0.717, 1.165) is 24.9 Å². The van der Waals surface area contributed by atoms with Crippen LogP contribution in [0.5, 0.6) is 0 Å². The van der Waals surface area contributed by atoms with Crippen molar-refractivity contribution in [3.63, 3.8) is 0 Å². The monoisotopic (exact) mass is 339 g/mol. The van der Waals surface area contributed by atoms with Gasteiger partial charge in [-0.2, -0.15) is 0 Å². The first kappa shape index (κ1) is 17.4. The van der Waals surface area contributed by atoms with Crippen LogP contribution >= 0.6 is 0 Å². The molecule has 0 fully saturated rings. The Morgan fingerprint density at radius 3 is 2.96 bits per heavy atom. The number of carbonyl (C=O) groups excluding carboxylic acids is 1. The molecule has 1 aliphatic heterocycles. The van der Waals surface area contributed by atoms with E-state index in [2.05, 4.69) is 23.3 Å². The summed E-state index contributed by atoms with van der Waals surface area (Å²) in [6, 6.07) is 11.7. The molecule has 0 saturated heterocycles. The first-order chi connectivity index (χ1) is 12.2. The molecule has 1 unspecified atom stereocenters. The number of hydrogen-bond acceptors (Lipinski definition) is 4. The number of aliphatic hydroxyl groups is 1. The van der Waals surface area contributed by atoms with Gasteiger partial charge in [0.05, 0.1) is 5.56 Å². The Hall–Kier alpha value is -2.40. The summed E-state index contributed by atoms with van der Waals surface area (Å²) in [5.41, 5.74) is 2.80. The molecule has 0 aliphatic carbocycles. The van der Waals surface area contributed by atoms with Crippen molar-refractivity contribution in [3.05, 3.63) is 53.7 Å². The van der Waals surface area contributed by atoms with Crippen LogP contribution in [0.1, 0.15) is 35.7 Å². The number of amides is 1. The first-order valence-electron chi connectivity index (χ1n) is 8.94. The van der Waals surface area contributed by atoms with Crippen LogP contribution in [-0.4, -0.2) is 35.7 Å². The Kier molecular flexibility index (Phi) is 5.66. The minimum absolute atomic E-state index is 0.0178. The standard InChI is InChI=1S/C20H25N3O2/c1-2-15(10-13-24)14-22-19-17(7-5-11-21-19)20(25)23-12-9-16-6-3-4-8-18(16)23/h3-8,11,15,24H,2,9-10,12-14H2,1H3,(H,21,22). The van der Waals surface area contributed by atoms with E-state index in [1.807, 2.05) is 29.2 Å². The number of benzene rings is 1. The highest BCUT2D eigenvalue weighted by atomic mass is 16.3. The SMILES string of the molecule is CCC(CCO)CNc1ncccc1C(=O)N1CCc2ccccc21. The summed E-state index contributed by atoms with van der Waals surface area (Å²) in [4.78, 5) is 19.3. The van der Waals surface area contributed by atoms with E-state index in [1.165, 1.54) is 5.56 Å². The molecule has 2 aromatic rings. The van der Waals surface area contributed by atoms with Crippen LogP contribution in [0.25, 0.3) is 0 Å². The molecule has 25 heavy (non-hydrogen) atoms. The number of carbonyl (C=O) groups is 1. The molecular formula is C20H25N3O2. The van der Waals surface area contributed by atoms with Crippen LogP contribution in [0.3, 0.4) is 0 Å². The van der Waals surface area contributed by atoms with Crippen LogP contribution in [-0.2, 0) is 6.42 Å². The fourth-order valence-electron chi connectivity index (χ4n) is 3.29. The van der Waals surface area contributed by atoms with Crippen molar-refractivity contribution in [2.45, 2.75) is 26.2 Å². The fraction of sp³-hybridized carbons (Fsp3) is 0.400. The van der Waals surface area contributed by atoms with E-state index in [1.54, 1.807) is 12.3 Å². The molecule has 0 bridgehead atoms. The van der Waals surface area contributed by atoms with Gasteiger partial charge in [0.25, 0.3) is 5.91 Å². The number of aliphatic hydroxyl groups excluding tert-OH is 1. The van der Waals surface area contributed by atoms with Crippen molar-refractivity contribution >= 4 is 17.4 Å². The van der Waals surface area contributed by atoms with Gasteiger partial charge in [0.1, 0.15) is 5.82 Å². The maximum Gasteiger partial charge on any atom is 0.262 e. The zero-order valence-corrected chi connectivity index (χ0v) is 14.6. The molecule has 2 N–H and O–H groups in total. The number of anilines is 2. The Morgan fingerprint density at radius 1 is 1.32 bits per heavy atom. The molecule has 2 heterocycles. The fourth-order valence-corrected chi connectivity index (χ4v) is 3.29. The number of rotatable bonds is 7. The van der Waals surface area contributed by atoms with Gasteiger partial charge in [-0.05, 0) is 42.5 Å². The minimum atomic E-state index is -0.0178. The van der Waals surface area contributed by atoms with Gasteiger partial charge in [-0.25, -0.2) is 4.98 Å². The van der Waals surface area contributed by atoms with E-state index in [9.17, 15) is 4.79 Å². The van der Waals surface area contributed by atoms with Crippen molar-refractivity contribution in [1.29, 1.82) is 0 Å². The quantitative estimate of drug-likeness (QED) is 0.813. The average molecular weight is 339 g/mol. The molecule has 1 atom stereocenters. The molecule has 5 nitrogen and oxygen atoms in total. The highest BCUT2D eigenvalue weighted by Gasteiger charge is 2.27. The van der Waals surface area contributed by atoms with Crippen molar-refractivity contribution < 1.29 is 9.90 Å². The summed E-state index contributed by atoms with van der Waals surface area (Å²) in [5, 5.41) is 12.4. The third-order valence-electron chi connectivity index (χ3n) is 4.84. The maximum absolute atomic E-state index is 13.1. The highest BCUT2D eigenvalue weighted by Crippen LogP contribution is 2.30. The van der Waals surface area contributed by atoms with Gasteiger partial charge in [0.2, 0.25) is 0 Å². The van der Waals surface area contributed by atoms with Crippen LogP contribution < -0.4 is 10.2 Å². The molecular weight excluding hydrogens is 314 g/mol. The number of pyridine rings is 1. The smallest absolute Gasteiger partial charge is 0.262 e. The second-order valence-electron chi connectivity index (χ2n) is 6.40. The van der Waals surface area contributed by atoms with E-state index >= 15 is 0 Å². The molecule has 0 radical (unpaired) electrons. The zero-order valence-electron chi connectivity index (χ0n) is 14.6. The summed E-state index contributed by atoms with van der Waals surface area (Å²) in [5.74, 6) is 0.964. The van der Waals surface area contributed by atoms with E-state index in [-0.39, 0.29) is 12.5 Å². The Bertz CT molecular complexity index is 732. The van der Waals surface area contributed by atoms with Gasteiger partial charge in [-0.3, -0.25) is 4.79 Å². The molecule has 1 aromatic carbocycles. The molecule has 1 amide bonds. The molecule has 5 heteroatoms. The number of nitrogens with zero attached hydrogens (tertiary/aromatic N) is 2. The number of hydrogen-bond donors (Lipinski definition) is 2. The summed E-state index contributed by atoms with van der Waals surface area (Å²) in [6.45, 7) is 3.69. The zero-order chi connectivity index (χ0) is 17.6. The second kappa shape index (κ2) is 8.12. The highest BCUT2D eigenvalue weighted by molar-refractivity contribution is 6.10. The lowest BCUT2D eigenvalue weighted by atomic mass is 10.0.